The van der Waals surface area contributed by atoms with Crippen LogP contribution in [0.5, 0.6) is 5.75 Å². The third-order valence-corrected chi connectivity index (χ3v) is 171. The Hall–Kier alpha value is 0.0400. The number of fused-ring (bicyclic) bond motifs is 1. The van der Waals surface area contributed by atoms with Crippen molar-refractivity contribution in [3.8, 4) is 5.75 Å². The number of allylic oxidation sites excluding steroid dienone is 1. The molecule has 0 spiro atoms. The molecule has 1 atom stereocenters. The fraction of sp³-hybridized carbons (Fsp3) is 0.269. The molecule has 0 bridgehead atoms. The number of nitrogens with one attached hydrogen (secondary N) is 1. The number of nitro groups is 1. The molecule has 1 aromatic heterocycles. The zero-order valence-corrected chi connectivity index (χ0v) is 35.8. The van der Waals surface area contributed by atoms with Crippen molar-refractivity contribution >= 4 is 125 Å². The first-order chi connectivity index (χ1) is 19.8. The van der Waals surface area contributed by atoms with E-state index >= 15 is 0 Å². The summed E-state index contributed by atoms with van der Waals surface area (Å²) in [4.78, 5) is 33.9. The number of methoxy groups -OCH3 is 1. The summed E-state index contributed by atoms with van der Waals surface area (Å²) in [5, 5.41) is 14.2. The van der Waals surface area contributed by atoms with E-state index in [1.807, 2.05) is 32.0 Å². The average molecular weight is 1250 g/mol. The molecule has 2 aromatic carbocycles. The second-order valence-electron chi connectivity index (χ2n) is 9.15. The summed E-state index contributed by atoms with van der Waals surface area (Å²) in [7, 11) is 2.38. The maximum absolute atomic E-state index is 14.1. The van der Waals surface area contributed by atoms with E-state index in [4.69, 9.17) is 9.72 Å². The first-order valence-corrected chi connectivity index (χ1v) is 43.5. The van der Waals surface area contributed by atoms with E-state index < -0.39 is 16.4 Å². The second kappa shape index (κ2) is 16.6. The van der Waals surface area contributed by atoms with E-state index in [-0.39, 0.29) is 50.9 Å². The summed E-state index contributed by atoms with van der Waals surface area (Å²) in [6, 6.07) is 9.93. The van der Waals surface area contributed by atoms with Gasteiger partial charge in [-0.2, -0.15) is 4.39 Å². The van der Waals surface area contributed by atoms with Crippen molar-refractivity contribution in [3.05, 3.63) is 81.4 Å². The molecule has 16 heteroatoms. The normalized spacial score (nSPS) is 14.3. The molecule has 9 nitrogen and oxygen atoms in total. The Morgan fingerprint density at radius 3 is 2.40 bits per heavy atom. The number of amides is 1. The molecule has 1 unspecified atom stereocenters. The number of ether oxygens (including phenoxy) is 1. The number of nitrogens with zero attached hydrogens (tertiary/aromatic N) is 4. The van der Waals surface area contributed by atoms with Gasteiger partial charge in [0.25, 0.3) is 0 Å². The summed E-state index contributed by atoms with van der Waals surface area (Å²) < 4.78 is 19.3. The van der Waals surface area contributed by atoms with Crippen LogP contribution in [0.2, 0.25) is 0 Å². The summed E-state index contributed by atoms with van der Waals surface area (Å²) in [6.45, 7) is 5.71. The number of carbonyl (C=O) groups excluding carboxylic acids is 1. The summed E-state index contributed by atoms with van der Waals surface area (Å²) in [5.74, 6) is -1.06. The van der Waals surface area contributed by atoms with Gasteiger partial charge in [-0.25, -0.2) is 9.97 Å². The van der Waals surface area contributed by atoms with Crippen LogP contribution in [0.25, 0.3) is 5.57 Å². The molecule has 1 aliphatic carbocycles. The van der Waals surface area contributed by atoms with Crippen LogP contribution in [-0.4, -0.2) is 35.0 Å². The molecule has 1 heterocycles. The summed E-state index contributed by atoms with van der Waals surface area (Å²) in [6.07, 6.45) is 3.61. The predicted molar refractivity (Wildman–Crippen MR) is 219 cm³/mol. The van der Waals surface area contributed by atoms with Crippen molar-refractivity contribution in [2.45, 2.75) is 26.7 Å². The van der Waals surface area contributed by atoms with Gasteiger partial charge in [-0.1, -0.05) is 51.1 Å². The van der Waals surface area contributed by atoms with E-state index in [9.17, 15) is 19.3 Å². The molecule has 1 N–H and O–H groups in total. The zero-order valence-electron chi connectivity index (χ0n) is 22.8. The molecule has 0 radical (unpaired) electrons. The molecule has 0 saturated carbocycles. The van der Waals surface area contributed by atoms with E-state index in [1.54, 1.807) is 7.05 Å². The maximum atomic E-state index is 14.1. The number of anilines is 3. The average Bonchev–Trinajstić information content (AvgIpc) is 3.29. The Morgan fingerprint density at radius 1 is 1.19 bits per heavy atom. The van der Waals surface area contributed by atoms with Gasteiger partial charge >= 0.3 is 95.9 Å². The van der Waals surface area contributed by atoms with Crippen LogP contribution in [0.1, 0.15) is 43.5 Å². The Bertz CT molecular complexity index is 1500. The van der Waals surface area contributed by atoms with Gasteiger partial charge < -0.3 is 15.0 Å². The van der Waals surface area contributed by atoms with E-state index in [0.29, 0.717) is 11.4 Å². The number of nitro benzene ring substituents is 1. The molecule has 42 heavy (non-hydrogen) atoms. The van der Waals surface area contributed by atoms with E-state index in [1.165, 1.54) is 18.2 Å². The first kappa shape index (κ1) is 36.5. The molecule has 0 saturated heterocycles. The number of benzene rings is 2. The third-order valence-electron chi connectivity index (χ3n) is 6.16. The van der Waals surface area contributed by atoms with Crippen molar-refractivity contribution < 1.29 is 18.8 Å². The second-order valence-corrected chi connectivity index (χ2v) is 107. The molecule has 1 amide bonds. The fourth-order valence-electron chi connectivity index (χ4n) is 4.23. The first-order valence-electron chi connectivity index (χ1n) is 12.1. The van der Waals surface area contributed by atoms with Crippen LogP contribution in [0.15, 0.2) is 48.7 Å². The molecule has 0 aliphatic heterocycles. The SMILES string of the molecule is COc1cc(F)c([N+](=O)[O-])cc1Nc1ncc(N(C)C(=O)C(C)C)c(C2=CC(C)c3ccccc32)n1.II(I)I(I)I. The molecule has 1 aliphatic rings. The topological polar surface area (TPSA) is 110 Å². The van der Waals surface area contributed by atoms with Crippen molar-refractivity contribution in [3.63, 3.8) is 0 Å². The van der Waals surface area contributed by atoms with Gasteiger partial charge in [-0.3, -0.25) is 14.9 Å². The quantitative estimate of drug-likeness (QED) is 0.136. The van der Waals surface area contributed by atoms with Crippen LogP contribution in [0.3, 0.4) is 0 Å². The Kier molecular flexibility index (Phi) is 14.4. The monoisotopic (exact) mass is 1250 g/mol. The Morgan fingerprint density at radius 2 is 1.83 bits per heavy atom. The summed E-state index contributed by atoms with van der Waals surface area (Å²) >= 11 is 10.5. The summed E-state index contributed by atoms with van der Waals surface area (Å²) in [5.41, 5.74) is 3.45. The van der Waals surface area contributed by atoms with Crippen LogP contribution >= 0.6 is 90.3 Å². The number of carbonyl (C=O) groups is 1. The minimum absolute atomic E-state index is 0.0541. The van der Waals surface area contributed by atoms with Gasteiger partial charge in [0.05, 0.1) is 35.3 Å². The number of rotatable bonds is 8. The zero-order chi connectivity index (χ0) is 31.3. The molecular weight excluding hydrogens is 1230 g/mol. The van der Waals surface area contributed by atoms with Gasteiger partial charge in [0.2, 0.25) is 17.7 Å². The van der Waals surface area contributed by atoms with Gasteiger partial charge in [-0.05, 0) is 11.1 Å². The molecule has 0 fully saturated rings. The molecule has 4 rings (SSSR count). The molecular formula is C26H26FI6N5O4. The number of halogens is 7. The van der Waals surface area contributed by atoms with Gasteiger partial charge in [-0.15, -0.1) is 0 Å². The number of aromatic nitrogens is 2. The molecule has 3 aromatic rings. The van der Waals surface area contributed by atoms with Gasteiger partial charge in [0.1, 0.15) is 5.75 Å². The van der Waals surface area contributed by atoms with E-state index in [0.717, 1.165) is 28.8 Å². The standard InChI is InChI=1S/C26H26FN5O4.I6/c1-14(2)25(33)31(4)22-13-28-26(29-20-12-21(32(34)35)19(27)11-23(20)36-5)30-24(22)18-10-15(3)16-8-6-7-9-17(16)18;1-5(2)6(3)4/h6-15H,1-5H3,(H,28,29,30);. The number of hydrogen-bond acceptors (Lipinski definition) is 7. The molecule has 228 valence electrons. The van der Waals surface area contributed by atoms with E-state index in [2.05, 4.69) is 104 Å². The van der Waals surface area contributed by atoms with Crippen molar-refractivity contribution in [1.29, 1.82) is 0 Å². The van der Waals surface area contributed by atoms with Crippen LogP contribution in [-0.2, 0) is 4.79 Å². The Labute approximate surface area is 293 Å². The van der Waals surface area contributed by atoms with Crippen LogP contribution in [0, 0.1) is 21.8 Å². The fourth-order valence-corrected chi connectivity index (χ4v) is 4.23. The van der Waals surface area contributed by atoms with Crippen LogP contribution < -0.4 is 15.0 Å². The third kappa shape index (κ3) is 9.07. The predicted octanol–water partition coefficient (Wildman–Crippen LogP) is 10.8. The van der Waals surface area contributed by atoms with Gasteiger partial charge in [0.15, 0.2) is 0 Å². The van der Waals surface area contributed by atoms with Crippen molar-refractivity contribution in [2.24, 2.45) is 5.92 Å². The van der Waals surface area contributed by atoms with Crippen LogP contribution in [0.4, 0.5) is 27.4 Å². The van der Waals surface area contributed by atoms with Gasteiger partial charge in [0, 0.05) is 36.6 Å². The van der Waals surface area contributed by atoms with Crippen molar-refractivity contribution in [2.75, 3.05) is 24.4 Å². The minimum atomic E-state index is -1.02. The van der Waals surface area contributed by atoms with Crippen molar-refractivity contribution in [1.82, 2.24) is 9.97 Å². The number of hydrogen-bond donors (Lipinski definition) is 1. The Balaban J connectivity index is 0.000000730.